The fraction of sp³-hybridized carbons (Fsp3) is 0.136. The third-order valence-corrected chi connectivity index (χ3v) is 5.75. The quantitative estimate of drug-likeness (QED) is 0.655. The van der Waals surface area contributed by atoms with Crippen molar-refractivity contribution in [3.63, 3.8) is 0 Å². The van der Waals surface area contributed by atoms with Crippen molar-refractivity contribution in [1.29, 1.82) is 0 Å². The molecule has 0 aromatic heterocycles. The van der Waals surface area contributed by atoms with E-state index in [1.54, 1.807) is 36.4 Å². The number of aryl methyl sites for hydroxylation is 1. The standard InChI is InChI=1S/C22H22N2O3S/c1-16-11-13-18(14-12-16)17(2)23-22(25)19-7-6-8-20(15-19)24-28(26,27)21-9-4-3-5-10-21/h3-15,17,24H,1-2H3,(H,23,25)/t17-/m1/s1. The van der Waals surface area contributed by atoms with Gasteiger partial charge in [-0.25, -0.2) is 8.42 Å². The predicted octanol–water partition coefficient (Wildman–Crippen LogP) is 4.29. The minimum atomic E-state index is -3.71. The van der Waals surface area contributed by atoms with E-state index in [2.05, 4.69) is 10.0 Å². The van der Waals surface area contributed by atoms with Crippen molar-refractivity contribution in [1.82, 2.24) is 5.32 Å². The second-order valence-corrected chi connectivity index (χ2v) is 8.29. The van der Waals surface area contributed by atoms with Crippen molar-refractivity contribution in [2.45, 2.75) is 24.8 Å². The van der Waals surface area contributed by atoms with E-state index < -0.39 is 10.0 Å². The summed E-state index contributed by atoms with van der Waals surface area (Å²) in [6, 6.07) is 22.3. The van der Waals surface area contributed by atoms with Crippen molar-refractivity contribution in [3.8, 4) is 0 Å². The topological polar surface area (TPSA) is 75.3 Å². The number of rotatable bonds is 6. The number of amides is 1. The first-order valence-electron chi connectivity index (χ1n) is 8.90. The highest BCUT2D eigenvalue weighted by Gasteiger charge is 2.16. The van der Waals surface area contributed by atoms with Crippen LogP contribution in [0.1, 0.15) is 34.5 Å². The Morgan fingerprint density at radius 1 is 0.893 bits per heavy atom. The summed E-state index contributed by atoms with van der Waals surface area (Å²) in [5.41, 5.74) is 2.87. The molecule has 0 bridgehead atoms. The lowest BCUT2D eigenvalue weighted by Crippen LogP contribution is -2.26. The average Bonchev–Trinajstić information content (AvgIpc) is 2.69. The van der Waals surface area contributed by atoms with Crippen LogP contribution in [0.4, 0.5) is 5.69 Å². The summed E-state index contributed by atoms with van der Waals surface area (Å²) in [6.07, 6.45) is 0. The smallest absolute Gasteiger partial charge is 0.261 e. The number of hydrogen-bond acceptors (Lipinski definition) is 3. The molecule has 0 fully saturated rings. The third kappa shape index (κ3) is 4.78. The number of benzene rings is 3. The minimum Gasteiger partial charge on any atom is -0.346 e. The molecular formula is C22H22N2O3S. The van der Waals surface area contributed by atoms with Gasteiger partial charge in [-0.15, -0.1) is 0 Å². The summed E-state index contributed by atoms with van der Waals surface area (Å²) in [4.78, 5) is 12.8. The molecule has 6 heteroatoms. The van der Waals surface area contributed by atoms with Crippen molar-refractivity contribution in [2.75, 3.05) is 4.72 Å². The molecule has 0 saturated carbocycles. The van der Waals surface area contributed by atoms with Crippen LogP contribution in [0.5, 0.6) is 0 Å². The summed E-state index contributed by atoms with van der Waals surface area (Å²) in [7, 11) is -3.71. The van der Waals surface area contributed by atoms with Gasteiger partial charge in [0.1, 0.15) is 0 Å². The van der Waals surface area contributed by atoms with E-state index in [4.69, 9.17) is 0 Å². The largest absolute Gasteiger partial charge is 0.346 e. The number of anilines is 1. The summed E-state index contributed by atoms with van der Waals surface area (Å²) < 4.78 is 27.4. The zero-order valence-corrected chi connectivity index (χ0v) is 16.5. The van der Waals surface area contributed by atoms with Gasteiger partial charge in [-0.2, -0.15) is 0 Å². The van der Waals surface area contributed by atoms with Gasteiger partial charge in [0, 0.05) is 11.3 Å². The first kappa shape index (κ1) is 19.6. The van der Waals surface area contributed by atoms with Gasteiger partial charge in [-0.05, 0) is 49.7 Å². The zero-order chi connectivity index (χ0) is 20.1. The molecule has 0 radical (unpaired) electrons. The molecule has 0 aliphatic carbocycles. The van der Waals surface area contributed by atoms with E-state index in [0.29, 0.717) is 11.3 Å². The summed E-state index contributed by atoms with van der Waals surface area (Å²) in [6.45, 7) is 3.92. The minimum absolute atomic E-state index is 0.165. The Kier molecular flexibility index (Phi) is 5.80. The molecule has 3 aromatic rings. The summed E-state index contributed by atoms with van der Waals surface area (Å²) >= 11 is 0. The Hall–Kier alpha value is -3.12. The van der Waals surface area contributed by atoms with Crippen LogP contribution in [0.25, 0.3) is 0 Å². The Morgan fingerprint density at radius 3 is 2.25 bits per heavy atom. The fourth-order valence-electron chi connectivity index (χ4n) is 2.76. The van der Waals surface area contributed by atoms with E-state index in [0.717, 1.165) is 11.1 Å². The fourth-order valence-corrected chi connectivity index (χ4v) is 3.83. The number of carbonyl (C=O) groups excluding carboxylic acids is 1. The van der Waals surface area contributed by atoms with E-state index in [9.17, 15) is 13.2 Å². The molecule has 1 amide bonds. The molecule has 0 aliphatic heterocycles. The number of hydrogen-bond donors (Lipinski definition) is 2. The van der Waals surface area contributed by atoms with Crippen molar-refractivity contribution >= 4 is 21.6 Å². The first-order valence-corrected chi connectivity index (χ1v) is 10.4. The lowest BCUT2D eigenvalue weighted by atomic mass is 10.1. The highest BCUT2D eigenvalue weighted by Crippen LogP contribution is 2.18. The zero-order valence-electron chi connectivity index (χ0n) is 15.7. The summed E-state index contributed by atoms with van der Waals surface area (Å²) in [5, 5.41) is 2.94. The maximum absolute atomic E-state index is 12.6. The van der Waals surface area contributed by atoms with E-state index in [1.807, 2.05) is 38.1 Å². The molecule has 144 valence electrons. The lowest BCUT2D eigenvalue weighted by Gasteiger charge is -2.15. The molecule has 28 heavy (non-hydrogen) atoms. The van der Waals surface area contributed by atoms with E-state index in [1.165, 1.54) is 18.2 Å². The molecule has 0 aliphatic rings. The molecule has 1 atom stereocenters. The number of sulfonamides is 1. The van der Waals surface area contributed by atoms with Gasteiger partial charge in [0.05, 0.1) is 10.9 Å². The molecule has 3 aromatic carbocycles. The first-order chi connectivity index (χ1) is 13.3. The molecule has 0 heterocycles. The van der Waals surface area contributed by atoms with Crippen LogP contribution in [0.15, 0.2) is 83.8 Å². The monoisotopic (exact) mass is 394 g/mol. The van der Waals surface area contributed by atoms with Crippen molar-refractivity contribution in [2.24, 2.45) is 0 Å². The molecule has 5 nitrogen and oxygen atoms in total. The lowest BCUT2D eigenvalue weighted by molar-refractivity contribution is 0.0940. The summed E-state index contributed by atoms with van der Waals surface area (Å²) in [5.74, 6) is -0.270. The van der Waals surface area contributed by atoms with Gasteiger partial charge >= 0.3 is 0 Å². The van der Waals surface area contributed by atoms with Gasteiger partial charge < -0.3 is 5.32 Å². The molecule has 2 N–H and O–H groups in total. The van der Waals surface area contributed by atoms with Crippen LogP contribution in [-0.2, 0) is 10.0 Å². The van der Waals surface area contributed by atoms with Gasteiger partial charge in [0.15, 0.2) is 0 Å². The molecule has 3 rings (SSSR count). The van der Waals surface area contributed by atoms with E-state index >= 15 is 0 Å². The predicted molar refractivity (Wildman–Crippen MR) is 111 cm³/mol. The van der Waals surface area contributed by atoms with Gasteiger partial charge in [0.2, 0.25) is 0 Å². The SMILES string of the molecule is Cc1ccc([C@@H](C)NC(=O)c2cccc(NS(=O)(=O)c3ccccc3)c2)cc1. The van der Waals surface area contributed by atoms with Crippen LogP contribution in [-0.4, -0.2) is 14.3 Å². The van der Waals surface area contributed by atoms with Crippen LogP contribution in [0.2, 0.25) is 0 Å². The molecule has 0 spiro atoms. The third-order valence-electron chi connectivity index (χ3n) is 4.36. The Morgan fingerprint density at radius 2 is 1.57 bits per heavy atom. The van der Waals surface area contributed by atoms with Crippen molar-refractivity contribution in [3.05, 3.63) is 95.6 Å². The van der Waals surface area contributed by atoms with Gasteiger partial charge in [-0.3, -0.25) is 9.52 Å². The maximum atomic E-state index is 12.6. The van der Waals surface area contributed by atoms with Gasteiger partial charge in [-0.1, -0.05) is 54.1 Å². The van der Waals surface area contributed by atoms with Crippen LogP contribution >= 0.6 is 0 Å². The maximum Gasteiger partial charge on any atom is 0.261 e. The highest BCUT2D eigenvalue weighted by molar-refractivity contribution is 7.92. The normalized spacial score (nSPS) is 12.2. The second kappa shape index (κ2) is 8.27. The highest BCUT2D eigenvalue weighted by atomic mass is 32.2. The number of nitrogens with one attached hydrogen (secondary N) is 2. The van der Waals surface area contributed by atoms with Crippen molar-refractivity contribution < 1.29 is 13.2 Å². The Balaban J connectivity index is 1.73. The van der Waals surface area contributed by atoms with Gasteiger partial charge in [0.25, 0.3) is 15.9 Å². The van der Waals surface area contributed by atoms with Crippen LogP contribution in [0.3, 0.4) is 0 Å². The molecular weight excluding hydrogens is 372 g/mol. The van der Waals surface area contributed by atoms with E-state index in [-0.39, 0.29) is 16.8 Å². The van der Waals surface area contributed by atoms with Crippen LogP contribution in [0, 0.1) is 6.92 Å². The molecule has 0 saturated heterocycles. The number of carbonyl (C=O) groups is 1. The Bertz CT molecular complexity index is 1060. The molecule has 0 unspecified atom stereocenters. The second-order valence-electron chi connectivity index (χ2n) is 6.61. The Labute approximate surface area is 165 Å². The van der Waals surface area contributed by atoms with Crippen LogP contribution < -0.4 is 10.0 Å². The average molecular weight is 394 g/mol.